The first-order chi connectivity index (χ1) is 8.83. The fraction of sp³-hybridized carbons (Fsp3) is 0.467. The number of anilines is 1. The molecule has 0 aromatic heterocycles. The Morgan fingerprint density at radius 2 is 2.00 bits per heavy atom. The number of hydrogen-bond acceptors (Lipinski definition) is 3. The van der Waals surface area contributed by atoms with Gasteiger partial charge >= 0.3 is 0 Å². The summed E-state index contributed by atoms with van der Waals surface area (Å²) in [6, 6.07) is 5.94. The van der Waals surface area contributed by atoms with E-state index in [9.17, 15) is 0 Å². The molecule has 3 heteroatoms. The van der Waals surface area contributed by atoms with Crippen LogP contribution in [0.3, 0.4) is 0 Å². The third-order valence-electron chi connectivity index (χ3n) is 3.36. The van der Waals surface area contributed by atoms with Crippen molar-refractivity contribution >= 4 is 5.69 Å². The highest BCUT2D eigenvalue weighted by atomic mass is 16.5. The SMILES string of the molecule is COc1ccc(NC[C@@H]2CC=CCC2)cc1OC. The van der Waals surface area contributed by atoms with Crippen molar-refractivity contribution in [3.05, 3.63) is 30.4 Å². The van der Waals surface area contributed by atoms with E-state index in [0.29, 0.717) is 0 Å². The molecule has 0 aliphatic heterocycles. The summed E-state index contributed by atoms with van der Waals surface area (Å²) in [6.45, 7) is 1.01. The monoisotopic (exact) mass is 247 g/mol. The predicted molar refractivity (Wildman–Crippen MR) is 74.5 cm³/mol. The van der Waals surface area contributed by atoms with Gasteiger partial charge in [0.15, 0.2) is 11.5 Å². The lowest BCUT2D eigenvalue weighted by Crippen LogP contribution is -2.15. The molecule has 0 saturated heterocycles. The average Bonchev–Trinajstić information content (AvgIpc) is 2.45. The fourth-order valence-electron chi connectivity index (χ4n) is 2.25. The Morgan fingerprint density at radius 3 is 2.67 bits per heavy atom. The second kappa shape index (κ2) is 6.34. The minimum atomic E-state index is 0.739. The van der Waals surface area contributed by atoms with E-state index < -0.39 is 0 Å². The average molecular weight is 247 g/mol. The zero-order valence-electron chi connectivity index (χ0n) is 11.1. The second-order valence-corrected chi connectivity index (χ2v) is 4.60. The first-order valence-electron chi connectivity index (χ1n) is 6.44. The molecule has 0 radical (unpaired) electrons. The highest BCUT2D eigenvalue weighted by molar-refractivity contribution is 5.54. The van der Waals surface area contributed by atoms with Gasteiger partial charge in [-0.25, -0.2) is 0 Å². The lowest BCUT2D eigenvalue weighted by Gasteiger charge is -2.19. The van der Waals surface area contributed by atoms with Gasteiger partial charge in [0.2, 0.25) is 0 Å². The maximum absolute atomic E-state index is 5.29. The van der Waals surface area contributed by atoms with E-state index in [1.165, 1.54) is 19.3 Å². The van der Waals surface area contributed by atoms with E-state index in [4.69, 9.17) is 9.47 Å². The van der Waals surface area contributed by atoms with Crippen LogP contribution in [0.25, 0.3) is 0 Å². The molecule has 2 rings (SSSR count). The van der Waals surface area contributed by atoms with Crippen molar-refractivity contribution in [3.63, 3.8) is 0 Å². The Hall–Kier alpha value is -1.64. The molecule has 3 nitrogen and oxygen atoms in total. The van der Waals surface area contributed by atoms with Gasteiger partial charge in [-0.05, 0) is 37.3 Å². The van der Waals surface area contributed by atoms with Crippen LogP contribution in [0, 0.1) is 5.92 Å². The van der Waals surface area contributed by atoms with Crippen molar-refractivity contribution in [1.82, 2.24) is 0 Å². The smallest absolute Gasteiger partial charge is 0.162 e. The van der Waals surface area contributed by atoms with Gasteiger partial charge in [-0.15, -0.1) is 0 Å². The van der Waals surface area contributed by atoms with Crippen LogP contribution in [0.1, 0.15) is 19.3 Å². The predicted octanol–water partition coefficient (Wildman–Crippen LogP) is 3.47. The van der Waals surface area contributed by atoms with Gasteiger partial charge in [0.25, 0.3) is 0 Å². The number of methoxy groups -OCH3 is 2. The van der Waals surface area contributed by atoms with Gasteiger partial charge in [-0.2, -0.15) is 0 Å². The van der Waals surface area contributed by atoms with Crippen molar-refractivity contribution in [2.24, 2.45) is 5.92 Å². The molecule has 1 aromatic carbocycles. The molecular weight excluding hydrogens is 226 g/mol. The Balaban J connectivity index is 1.94. The highest BCUT2D eigenvalue weighted by Crippen LogP contribution is 2.30. The zero-order valence-corrected chi connectivity index (χ0v) is 11.1. The molecular formula is C15H21NO2. The quantitative estimate of drug-likeness (QED) is 0.808. The Kier molecular flexibility index (Phi) is 4.51. The van der Waals surface area contributed by atoms with Gasteiger partial charge in [-0.1, -0.05) is 12.2 Å². The van der Waals surface area contributed by atoms with Gasteiger partial charge < -0.3 is 14.8 Å². The molecule has 0 fully saturated rings. The van der Waals surface area contributed by atoms with Crippen LogP contribution < -0.4 is 14.8 Å². The number of benzene rings is 1. The maximum Gasteiger partial charge on any atom is 0.162 e. The molecule has 1 aliphatic rings. The van der Waals surface area contributed by atoms with Gasteiger partial charge in [-0.3, -0.25) is 0 Å². The van der Waals surface area contributed by atoms with Crippen LogP contribution in [0.2, 0.25) is 0 Å². The second-order valence-electron chi connectivity index (χ2n) is 4.60. The van der Waals surface area contributed by atoms with Gasteiger partial charge in [0, 0.05) is 18.3 Å². The third-order valence-corrected chi connectivity index (χ3v) is 3.36. The minimum absolute atomic E-state index is 0.739. The Labute approximate surface area is 109 Å². The van der Waals surface area contributed by atoms with E-state index in [-0.39, 0.29) is 0 Å². The van der Waals surface area contributed by atoms with Gasteiger partial charge in [0.1, 0.15) is 0 Å². The van der Waals surface area contributed by atoms with Crippen LogP contribution in [0.4, 0.5) is 5.69 Å². The number of ether oxygens (including phenoxy) is 2. The lowest BCUT2D eigenvalue weighted by atomic mass is 9.94. The van der Waals surface area contributed by atoms with E-state index in [0.717, 1.165) is 29.6 Å². The maximum atomic E-state index is 5.29. The molecule has 0 unspecified atom stereocenters. The summed E-state index contributed by atoms with van der Waals surface area (Å²) in [5, 5.41) is 3.47. The summed E-state index contributed by atoms with van der Waals surface area (Å²) in [6.07, 6.45) is 8.22. The topological polar surface area (TPSA) is 30.5 Å². The first-order valence-corrected chi connectivity index (χ1v) is 6.44. The van der Waals surface area contributed by atoms with E-state index in [1.807, 2.05) is 18.2 Å². The molecule has 0 spiro atoms. The number of rotatable bonds is 5. The molecule has 0 heterocycles. The summed E-state index contributed by atoms with van der Waals surface area (Å²) in [5.74, 6) is 2.28. The largest absolute Gasteiger partial charge is 0.493 e. The molecule has 1 N–H and O–H groups in total. The molecule has 0 saturated carbocycles. The summed E-state index contributed by atoms with van der Waals surface area (Å²) in [4.78, 5) is 0. The molecule has 1 atom stereocenters. The molecule has 0 amide bonds. The summed E-state index contributed by atoms with van der Waals surface area (Å²) >= 11 is 0. The third kappa shape index (κ3) is 3.19. The summed E-state index contributed by atoms with van der Waals surface area (Å²) < 4.78 is 10.5. The number of hydrogen-bond donors (Lipinski definition) is 1. The van der Waals surface area contributed by atoms with Crippen LogP contribution in [-0.2, 0) is 0 Å². The van der Waals surface area contributed by atoms with E-state index >= 15 is 0 Å². The van der Waals surface area contributed by atoms with Crippen molar-refractivity contribution < 1.29 is 9.47 Å². The van der Waals surface area contributed by atoms with Crippen LogP contribution in [0.15, 0.2) is 30.4 Å². The van der Waals surface area contributed by atoms with Crippen molar-refractivity contribution in [2.75, 3.05) is 26.1 Å². The van der Waals surface area contributed by atoms with Crippen LogP contribution >= 0.6 is 0 Å². The number of allylic oxidation sites excluding steroid dienone is 2. The molecule has 1 aliphatic carbocycles. The van der Waals surface area contributed by atoms with Gasteiger partial charge in [0.05, 0.1) is 14.2 Å². The molecule has 0 bridgehead atoms. The van der Waals surface area contributed by atoms with Crippen LogP contribution in [-0.4, -0.2) is 20.8 Å². The number of nitrogens with one attached hydrogen (secondary N) is 1. The normalized spacial score (nSPS) is 18.4. The van der Waals surface area contributed by atoms with Crippen molar-refractivity contribution in [1.29, 1.82) is 0 Å². The minimum Gasteiger partial charge on any atom is -0.493 e. The standard InChI is InChI=1S/C15H21NO2/c1-17-14-9-8-13(10-15(14)18-2)16-11-12-6-4-3-5-7-12/h3-4,8-10,12,16H,5-7,11H2,1-2H3/t12-/m1/s1. The van der Waals surface area contributed by atoms with E-state index in [2.05, 4.69) is 17.5 Å². The Bertz CT molecular complexity index is 415. The summed E-state index contributed by atoms with van der Waals surface area (Å²) in [7, 11) is 3.31. The zero-order chi connectivity index (χ0) is 12.8. The fourth-order valence-corrected chi connectivity index (χ4v) is 2.25. The molecule has 1 aromatic rings. The Morgan fingerprint density at radius 1 is 1.17 bits per heavy atom. The molecule has 98 valence electrons. The van der Waals surface area contributed by atoms with Crippen LogP contribution in [0.5, 0.6) is 11.5 Å². The first kappa shape index (κ1) is 12.8. The van der Waals surface area contributed by atoms with Crippen molar-refractivity contribution in [2.45, 2.75) is 19.3 Å². The summed E-state index contributed by atoms with van der Waals surface area (Å²) in [5.41, 5.74) is 1.09. The van der Waals surface area contributed by atoms with Crippen molar-refractivity contribution in [3.8, 4) is 11.5 Å². The lowest BCUT2D eigenvalue weighted by molar-refractivity contribution is 0.355. The molecule has 18 heavy (non-hydrogen) atoms. The highest BCUT2D eigenvalue weighted by Gasteiger charge is 2.10. The van der Waals surface area contributed by atoms with E-state index in [1.54, 1.807) is 14.2 Å².